The quantitative estimate of drug-likeness (QED) is 0.593. The van der Waals surface area contributed by atoms with Crippen molar-refractivity contribution >= 4 is 11.7 Å². The molecule has 0 unspecified atom stereocenters. The molecule has 0 bridgehead atoms. The van der Waals surface area contributed by atoms with Gasteiger partial charge in [-0.15, -0.1) is 10.2 Å². The third-order valence-corrected chi connectivity index (χ3v) is 6.00. The Bertz CT molecular complexity index is 1120. The van der Waals surface area contributed by atoms with Crippen LogP contribution in [0.1, 0.15) is 37.3 Å². The predicted octanol–water partition coefficient (Wildman–Crippen LogP) is 1.13. The number of nitrogens with one attached hydrogen (secondary N) is 1. The Hall–Kier alpha value is -3.56. The number of piperidine rings is 1. The molecule has 166 valence electrons. The first-order valence-corrected chi connectivity index (χ1v) is 11.1. The van der Waals surface area contributed by atoms with Crippen molar-refractivity contribution in [3.8, 4) is 5.82 Å². The molecule has 0 spiro atoms. The average molecular weight is 435 g/mol. The van der Waals surface area contributed by atoms with Crippen molar-refractivity contribution < 1.29 is 4.79 Å². The van der Waals surface area contributed by atoms with Crippen LogP contribution < -0.4 is 15.8 Å². The molecule has 3 aromatic heterocycles. The van der Waals surface area contributed by atoms with Crippen LogP contribution >= 0.6 is 0 Å². The van der Waals surface area contributed by atoms with E-state index in [4.69, 9.17) is 0 Å². The largest absolute Gasteiger partial charge is 0.354 e. The second kappa shape index (κ2) is 8.89. The minimum atomic E-state index is -0.216. The Morgan fingerprint density at radius 3 is 2.72 bits per heavy atom. The third-order valence-electron chi connectivity index (χ3n) is 6.00. The van der Waals surface area contributed by atoms with Crippen molar-refractivity contribution in [3.63, 3.8) is 0 Å². The zero-order valence-corrected chi connectivity index (χ0v) is 17.8. The standard InChI is InChI=1S/C22H26N8O2/c31-21-9-8-20(29-13-2-10-24-29)27-30(21)14-11-23-22(32)17-3-1-12-28(15-17)19-7-6-18(25-26-19)16-4-5-16/h2,6-10,13,16-17H,1,3-5,11-12,14-15H2,(H,23,32)/t17-/m1/s1. The molecule has 3 aromatic rings. The average Bonchev–Trinajstić information content (AvgIpc) is 3.54. The van der Waals surface area contributed by atoms with Crippen LogP contribution in [-0.2, 0) is 11.3 Å². The van der Waals surface area contributed by atoms with Gasteiger partial charge in [0.25, 0.3) is 5.56 Å². The number of hydrogen-bond acceptors (Lipinski definition) is 7. The molecule has 4 heterocycles. The van der Waals surface area contributed by atoms with Gasteiger partial charge in [0.2, 0.25) is 5.91 Å². The lowest BCUT2D eigenvalue weighted by Gasteiger charge is -2.32. The van der Waals surface area contributed by atoms with E-state index >= 15 is 0 Å². The predicted molar refractivity (Wildman–Crippen MR) is 118 cm³/mol. The highest BCUT2D eigenvalue weighted by atomic mass is 16.2. The summed E-state index contributed by atoms with van der Waals surface area (Å²) in [6.07, 6.45) is 7.58. The minimum Gasteiger partial charge on any atom is -0.354 e. The number of aromatic nitrogens is 6. The second-order valence-electron chi connectivity index (χ2n) is 8.37. The van der Waals surface area contributed by atoms with Gasteiger partial charge in [0, 0.05) is 44.0 Å². The fourth-order valence-corrected chi connectivity index (χ4v) is 4.05. The van der Waals surface area contributed by atoms with Gasteiger partial charge in [0.15, 0.2) is 11.6 Å². The molecular weight excluding hydrogens is 408 g/mol. The van der Waals surface area contributed by atoms with E-state index in [0.717, 1.165) is 30.9 Å². The Labute approximate surface area is 185 Å². The van der Waals surface area contributed by atoms with Crippen molar-refractivity contribution in [1.82, 2.24) is 35.1 Å². The van der Waals surface area contributed by atoms with E-state index in [1.807, 2.05) is 6.07 Å². The first kappa shape index (κ1) is 20.3. The van der Waals surface area contributed by atoms with E-state index in [9.17, 15) is 9.59 Å². The summed E-state index contributed by atoms with van der Waals surface area (Å²) >= 11 is 0. The number of carbonyl (C=O) groups is 1. The summed E-state index contributed by atoms with van der Waals surface area (Å²) in [5.74, 6) is 1.84. The molecule has 2 fully saturated rings. The van der Waals surface area contributed by atoms with Gasteiger partial charge in [0.05, 0.1) is 18.2 Å². The van der Waals surface area contributed by atoms with Gasteiger partial charge >= 0.3 is 0 Å². The molecule has 1 amide bonds. The Kier molecular flexibility index (Phi) is 5.66. The Morgan fingerprint density at radius 1 is 1.09 bits per heavy atom. The molecule has 0 radical (unpaired) electrons. The van der Waals surface area contributed by atoms with Gasteiger partial charge in [-0.25, -0.2) is 9.36 Å². The van der Waals surface area contributed by atoms with Gasteiger partial charge in [0.1, 0.15) is 0 Å². The lowest BCUT2D eigenvalue weighted by molar-refractivity contribution is -0.125. The van der Waals surface area contributed by atoms with E-state index in [-0.39, 0.29) is 17.4 Å². The summed E-state index contributed by atoms with van der Waals surface area (Å²) in [7, 11) is 0. The molecule has 1 aliphatic heterocycles. The second-order valence-corrected chi connectivity index (χ2v) is 8.37. The molecular formula is C22H26N8O2. The molecule has 10 heteroatoms. The number of nitrogens with zero attached hydrogens (tertiary/aromatic N) is 7. The fraction of sp³-hybridized carbons (Fsp3) is 0.455. The third kappa shape index (κ3) is 4.53. The summed E-state index contributed by atoms with van der Waals surface area (Å²) in [5, 5.41) is 20.2. The van der Waals surface area contributed by atoms with Crippen LogP contribution in [0.5, 0.6) is 0 Å². The van der Waals surface area contributed by atoms with Crippen molar-refractivity contribution in [3.05, 3.63) is 58.8 Å². The SMILES string of the molecule is O=C(NCCn1nc(-n2cccn2)ccc1=O)[C@@H]1CCCN(c2ccc(C3CC3)nn2)C1. The minimum absolute atomic E-state index is 0.00598. The maximum Gasteiger partial charge on any atom is 0.266 e. The van der Waals surface area contributed by atoms with Crippen LogP contribution in [0.15, 0.2) is 47.5 Å². The summed E-state index contributed by atoms with van der Waals surface area (Å²) in [6, 6.07) is 8.96. The summed E-state index contributed by atoms with van der Waals surface area (Å²) in [5.41, 5.74) is 0.854. The molecule has 1 atom stereocenters. The molecule has 10 nitrogen and oxygen atoms in total. The molecule has 1 saturated carbocycles. The van der Waals surface area contributed by atoms with Crippen molar-refractivity contribution in [2.45, 2.75) is 38.1 Å². The molecule has 2 aliphatic rings. The van der Waals surface area contributed by atoms with Gasteiger partial charge in [-0.3, -0.25) is 9.59 Å². The lowest BCUT2D eigenvalue weighted by Crippen LogP contribution is -2.44. The van der Waals surface area contributed by atoms with E-state index in [1.165, 1.54) is 23.6 Å². The van der Waals surface area contributed by atoms with Crippen LogP contribution in [0.25, 0.3) is 5.82 Å². The van der Waals surface area contributed by atoms with Gasteiger partial charge in [-0.2, -0.15) is 10.2 Å². The Balaban J connectivity index is 1.16. The van der Waals surface area contributed by atoms with Crippen LogP contribution in [0.3, 0.4) is 0 Å². The molecule has 32 heavy (non-hydrogen) atoms. The molecule has 5 rings (SSSR count). The number of amides is 1. The van der Waals surface area contributed by atoms with Crippen molar-refractivity contribution in [1.29, 1.82) is 0 Å². The fourth-order valence-electron chi connectivity index (χ4n) is 4.05. The van der Waals surface area contributed by atoms with E-state index in [0.29, 0.717) is 31.4 Å². The van der Waals surface area contributed by atoms with Crippen LogP contribution in [0.4, 0.5) is 5.82 Å². The van der Waals surface area contributed by atoms with Gasteiger partial charge in [-0.1, -0.05) is 0 Å². The van der Waals surface area contributed by atoms with E-state index < -0.39 is 0 Å². The topological polar surface area (TPSA) is 111 Å². The highest BCUT2D eigenvalue weighted by molar-refractivity contribution is 5.79. The van der Waals surface area contributed by atoms with Gasteiger partial charge < -0.3 is 10.2 Å². The maximum atomic E-state index is 12.8. The zero-order chi connectivity index (χ0) is 21.9. The van der Waals surface area contributed by atoms with Crippen LogP contribution in [-0.4, -0.2) is 55.3 Å². The van der Waals surface area contributed by atoms with E-state index in [1.54, 1.807) is 29.2 Å². The lowest BCUT2D eigenvalue weighted by atomic mass is 9.97. The van der Waals surface area contributed by atoms with E-state index in [2.05, 4.69) is 36.7 Å². The number of anilines is 1. The maximum absolute atomic E-state index is 12.8. The number of carbonyl (C=O) groups excluding carboxylic acids is 1. The molecule has 1 N–H and O–H groups in total. The molecule has 1 saturated heterocycles. The molecule has 0 aromatic carbocycles. The van der Waals surface area contributed by atoms with Crippen molar-refractivity contribution in [2.24, 2.45) is 5.92 Å². The summed E-state index contributed by atoms with van der Waals surface area (Å²) in [6.45, 7) is 2.13. The summed E-state index contributed by atoms with van der Waals surface area (Å²) in [4.78, 5) is 27.0. The number of hydrogen-bond donors (Lipinski definition) is 1. The Morgan fingerprint density at radius 2 is 1.97 bits per heavy atom. The smallest absolute Gasteiger partial charge is 0.266 e. The first-order valence-electron chi connectivity index (χ1n) is 11.1. The normalized spacial score (nSPS) is 18.5. The highest BCUT2D eigenvalue weighted by Crippen LogP contribution is 2.38. The van der Waals surface area contributed by atoms with Crippen LogP contribution in [0, 0.1) is 5.92 Å². The molecule has 1 aliphatic carbocycles. The summed E-state index contributed by atoms with van der Waals surface area (Å²) < 4.78 is 2.94. The monoisotopic (exact) mass is 434 g/mol. The highest BCUT2D eigenvalue weighted by Gasteiger charge is 2.28. The van der Waals surface area contributed by atoms with Crippen LogP contribution in [0.2, 0.25) is 0 Å². The first-order chi connectivity index (χ1) is 15.7. The number of rotatable bonds is 7. The van der Waals surface area contributed by atoms with Crippen molar-refractivity contribution in [2.75, 3.05) is 24.5 Å². The zero-order valence-electron chi connectivity index (χ0n) is 17.8. The van der Waals surface area contributed by atoms with Gasteiger partial charge in [-0.05, 0) is 49.9 Å².